The first-order chi connectivity index (χ1) is 32.1. The second-order valence-corrected chi connectivity index (χ2v) is 20.2. The van der Waals surface area contributed by atoms with Gasteiger partial charge in [-0.25, -0.2) is 14.3 Å². The topological polar surface area (TPSA) is 127 Å². The Morgan fingerprint density at radius 1 is 0.545 bits per heavy atom. The molecular weight excluding hydrogens is 884 g/mol. The van der Waals surface area contributed by atoms with Crippen molar-refractivity contribution < 1.29 is 33.3 Å². The molecule has 2 N–H and O–H groups in total. The third-order valence-corrected chi connectivity index (χ3v) is 14.7. The molecule has 0 bridgehead atoms. The molecule has 0 fully saturated rings. The summed E-state index contributed by atoms with van der Waals surface area (Å²) in [7, 11) is 0.183. The number of rotatable bonds is 30. The molecule has 0 spiro atoms. The van der Waals surface area contributed by atoms with Crippen LogP contribution in [0.15, 0.2) is 117 Å². The number of nitrogen functional groups attached to an aromatic ring is 1. The molecule has 1 heterocycles. The highest BCUT2D eigenvalue weighted by atomic mass is 32.2. The van der Waals surface area contributed by atoms with Gasteiger partial charge in [0.25, 0.3) is 0 Å². The zero-order valence-electron chi connectivity index (χ0n) is 38.7. The molecule has 6 rings (SSSR count). The number of carbonyl (C=O) groups excluding carboxylic acids is 3. The Bertz CT molecular complexity index is 2430. The molecule has 0 aliphatic heterocycles. The van der Waals surface area contributed by atoms with E-state index in [0.717, 1.165) is 117 Å². The van der Waals surface area contributed by atoms with E-state index in [4.69, 9.17) is 29.4 Å². The lowest BCUT2D eigenvalue weighted by atomic mass is 9.87. The number of nitrogens with zero attached hydrogens (tertiary/aromatic N) is 1. The monoisotopic (exact) mass is 948 g/mol. The van der Waals surface area contributed by atoms with Gasteiger partial charge < -0.3 is 24.7 Å². The zero-order valence-corrected chi connectivity index (χ0v) is 41.3. The standard InChI is InChI=1S/C54H65N2O7PS2/c1-37(2)53(58)62-35-19-15-11-7-5-9-13-17-33-60-39-21-25-41(26-22-39)65-45-31-29-43(55)47-49(45)51(57)50-46(32-30-44-48(50)52(47)64-56-44)66-42-27-23-40(24-28-42)61-34-18-14-10-6-8-12-16-20-36-63-54(59)38(3)4/h21-32,64H,1,3,5-20,33-36,55H2,2,4H3. The lowest BCUT2D eigenvalue weighted by molar-refractivity contribution is -0.139. The molecule has 1 aliphatic carbocycles. The molecule has 0 saturated heterocycles. The number of ether oxygens (including phenoxy) is 4. The Balaban J connectivity index is 0.947. The highest BCUT2D eigenvalue weighted by molar-refractivity contribution is 7.99. The minimum absolute atomic E-state index is 0.0204. The van der Waals surface area contributed by atoms with E-state index in [2.05, 4.69) is 37.4 Å². The molecule has 9 nitrogen and oxygen atoms in total. The second-order valence-electron chi connectivity index (χ2n) is 17.0. The molecule has 1 aromatic heterocycles. The van der Waals surface area contributed by atoms with Crippen molar-refractivity contribution in [1.29, 1.82) is 0 Å². The first kappa shape index (κ1) is 50.5. The van der Waals surface area contributed by atoms with Gasteiger partial charge in [0.2, 0.25) is 0 Å². The van der Waals surface area contributed by atoms with Gasteiger partial charge in [-0.2, -0.15) is 0 Å². The fourth-order valence-corrected chi connectivity index (χ4v) is 10.9. The van der Waals surface area contributed by atoms with Gasteiger partial charge in [0.15, 0.2) is 5.78 Å². The van der Waals surface area contributed by atoms with Gasteiger partial charge in [-0.1, -0.05) is 114 Å². The minimum atomic E-state index is -0.303. The van der Waals surface area contributed by atoms with Gasteiger partial charge >= 0.3 is 11.9 Å². The molecule has 0 radical (unpaired) electrons. The molecule has 12 heteroatoms. The van der Waals surface area contributed by atoms with Gasteiger partial charge in [-0.05, 0) is 121 Å². The SMILES string of the molecule is C=C(C)C(=O)OCCCCCCCCCCOc1ccc(Sc2ccc(N)c3c2C(=O)c2c(Sc4ccc(OCCCCCCCCCCOC(=O)C(=C)C)cc4)ccc4n[pH]c-3c24)cc1. The van der Waals surface area contributed by atoms with Crippen LogP contribution in [-0.2, 0) is 19.1 Å². The number of ketones is 1. The average molecular weight is 949 g/mol. The van der Waals surface area contributed by atoms with E-state index in [0.29, 0.717) is 54.4 Å². The minimum Gasteiger partial charge on any atom is -0.494 e. The Morgan fingerprint density at radius 3 is 1.41 bits per heavy atom. The summed E-state index contributed by atoms with van der Waals surface area (Å²) in [5.74, 6) is 1.05. The number of aromatic nitrogens is 1. The van der Waals surface area contributed by atoms with Crippen LogP contribution in [0.25, 0.3) is 21.8 Å². The predicted octanol–water partition coefficient (Wildman–Crippen LogP) is 14.6. The molecule has 350 valence electrons. The Labute approximate surface area is 401 Å². The van der Waals surface area contributed by atoms with Crippen molar-refractivity contribution in [2.24, 2.45) is 0 Å². The zero-order chi connectivity index (χ0) is 46.7. The van der Waals surface area contributed by atoms with Crippen molar-refractivity contribution in [2.45, 2.75) is 136 Å². The summed E-state index contributed by atoms with van der Waals surface area (Å²) in [5, 5.41) is 1.96. The van der Waals surface area contributed by atoms with Gasteiger partial charge in [0.05, 0.1) is 31.9 Å². The van der Waals surface area contributed by atoms with Gasteiger partial charge in [0, 0.05) is 63.8 Å². The normalized spacial score (nSPS) is 11.8. The van der Waals surface area contributed by atoms with Crippen molar-refractivity contribution in [3.8, 4) is 22.4 Å². The number of carbonyl (C=O) groups is 3. The van der Waals surface area contributed by atoms with Crippen LogP contribution in [-0.4, -0.2) is 48.9 Å². The third-order valence-electron chi connectivity index (χ3n) is 11.5. The first-order valence-corrected chi connectivity index (χ1v) is 26.1. The number of nitrogens with two attached hydrogens (primary N) is 1. The summed E-state index contributed by atoms with van der Waals surface area (Å²) >= 11 is 3.16. The van der Waals surface area contributed by atoms with E-state index >= 15 is 0 Å². The molecular formula is C54H65N2O7PS2. The van der Waals surface area contributed by atoms with Crippen LogP contribution in [0, 0.1) is 0 Å². The Kier molecular flexibility index (Phi) is 20.2. The smallest absolute Gasteiger partial charge is 0.333 e. The van der Waals surface area contributed by atoms with Crippen molar-refractivity contribution in [3.05, 3.63) is 108 Å². The summed E-state index contributed by atoms with van der Waals surface area (Å²) in [4.78, 5) is 41.5. The molecule has 1 unspecified atom stereocenters. The Morgan fingerprint density at radius 2 is 0.955 bits per heavy atom. The number of benzene rings is 4. The quantitative estimate of drug-likeness (QED) is 0.0201. The van der Waals surface area contributed by atoms with Crippen LogP contribution in [0.2, 0.25) is 0 Å². The van der Waals surface area contributed by atoms with Crippen molar-refractivity contribution in [1.82, 2.24) is 4.75 Å². The largest absolute Gasteiger partial charge is 0.494 e. The van der Waals surface area contributed by atoms with Gasteiger partial charge in [-0.15, -0.1) is 0 Å². The van der Waals surface area contributed by atoms with Crippen molar-refractivity contribution in [2.75, 3.05) is 32.2 Å². The van der Waals surface area contributed by atoms with Crippen LogP contribution >= 0.6 is 31.9 Å². The van der Waals surface area contributed by atoms with Crippen LogP contribution in [0.3, 0.4) is 0 Å². The predicted molar refractivity (Wildman–Crippen MR) is 272 cm³/mol. The van der Waals surface area contributed by atoms with E-state index in [-0.39, 0.29) is 26.1 Å². The van der Waals surface area contributed by atoms with Crippen molar-refractivity contribution >= 4 is 66.2 Å². The molecule has 66 heavy (non-hydrogen) atoms. The maximum Gasteiger partial charge on any atom is 0.333 e. The van der Waals surface area contributed by atoms with E-state index in [9.17, 15) is 14.4 Å². The van der Waals surface area contributed by atoms with E-state index < -0.39 is 0 Å². The summed E-state index contributed by atoms with van der Waals surface area (Å²) in [6.07, 6.45) is 17.7. The molecule has 0 saturated carbocycles. The lowest BCUT2D eigenvalue weighted by Crippen LogP contribution is -2.13. The number of anilines is 1. The third kappa shape index (κ3) is 14.8. The summed E-state index contributed by atoms with van der Waals surface area (Å²) < 4.78 is 27.3. The lowest BCUT2D eigenvalue weighted by Gasteiger charge is -2.22. The van der Waals surface area contributed by atoms with Crippen LogP contribution in [0.5, 0.6) is 11.5 Å². The summed E-state index contributed by atoms with van der Waals surface area (Å²) in [5.41, 5.74) is 11.2. The maximum atomic E-state index is 14.8. The second kappa shape index (κ2) is 26.4. The highest BCUT2D eigenvalue weighted by Crippen LogP contribution is 2.52. The molecule has 1 atom stereocenters. The average Bonchev–Trinajstić information content (AvgIpc) is 3.74. The van der Waals surface area contributed by atoms with Crippen LogP contribution < -0.4 is 15.2 Å². The number of fused-ring (bicyclic) bond motifs is 2. The number of esters is 2. The summed E-state index contributed by atoms with van der Waals surface area (Å²) in [6, 6.07) is 24.2. The number of unbranched alkanes of at least 4 members (excludes halogenated alkanes) is 14. The van der Waals surface area contributed by atoms with E-state index in [1.54, 1.807) is 37.4 Å². The Hall–Kier alpha value is -4.96. The fraction of sp³-hybridized carbons (Fsp3) is 0.407. The van der Waals surface area contributed by atoms with Crippen LogP contribution in [0.1, 0.15) is 133 Å². The number of hydrogen-bond donors (Lipinski definition) is 1. The molecule has 5 aromatic rings. The summed E-state index contributed by atoms with van der Waals surface area (Å²) in [6.45, 7) is 12.8. The van der Waals surface area contributed by atoms with E-state index in [1.807, 2.05) is 48.5 Å². The molecule has 4 aromatic carbocycles. The maximum absolute atomic E-state index is 14.8. The molecule has 1 aliphatic rings. The van der Waals surface area contributed by atoms with Crippen molar-refractivity contribution in [3.63, 3.8) is 0 Å². The van der Waals surface area contributed by atoms with Crippen LogP contribution in [0.4, 0.5) is 5.69 Å². The van der Waals surface area contributed by atoms with Gasteiger partial charge in [0.1, 0.15) is 11.5 Å². The fourth-order valence-electron chi connectivity index (χ4n) is 7.83. The molecule has 0 amide bonds. The first-order valence-electron chi connectivity index (χ1n) is 23.6. The van der Waals surface area contributed by atoms with E-state index in [1.165, 1.54) is 38.5 Å². The number of hydrogen-bond acceptors (Lipinski definition) is 11. The van der Waals surface area contributed by atoms with Gasteiger partial charge in [-0.3, -0.25) is 4.79 Å². The highest BCUT2D eigenvalue weighted by Gasteiger charge is 2.33.